The minimum atomic E-state index is -0.906. The summed E-state index contributed by atoms with van der Waals surface area (Å²) in [4.78, 5) is 12.6. The van der Waals surface area contributed by atoms with Crippen molar-refractivity contribution in [3.05, 3.63) is 18.4 Å². The molecule has 146 valence electrons. The lowest BCUT2D eigenvalue weighted by molar-refractivity contribution is -0.121. The van der Waals surface area contributed by atoms with E-state index in [0.29, 0.717) is 29.2 Å². The average Bonchev–Trinajstić information content (AvgIpc) is 3.24. The van der Waals surface area contributed by atoms with Crippen molar-refractivity contribution in [3.63, 3.8) is 0 Å². The predicted molar refractivity (Wildman–Crippen MR) is 105 cm³/mol. The van der Waals surface area contributed by atoms with Gasteiger partial charge in [0.2, 0.25) is 5.91 Å². The second-order valence-electron chi connectivity index (χ2n) is 7.51. The quantitative estimate of drug-likeness (QED) is 0.691. The number of nitriles is 1. The summed E-state index contributed by atoms with van der Waals surface area (Å²) >= 11 is 1.33. The standard InChI is InChI=1S/C19H27N5O2S/c1-12(2)10-24-16(15-8-7-9-26-15)22-23-18(24)27-14(5)17(25)21-19(6,11-20)13(3)4/h7-9,12-14H,10H2,1-6H3,(H,21,25). The molecule has 7 nitrogen and oxygen atoms in total. The second kappa shape index (κ2) is 8.61. The number of amides is 1. The van der Waals surface area contributed by atoms with E-state index in [0.717, 1.165) is 0 Å². The lowest BCUT2D eigenvalue weighted by Crippen LogP contribution is -2.51. The summed E-state index contributed by atoms with van der Waals surface area (Å²) in [5.74, 6) is 1.47. The first-order valence-corrected chi connectivity index (χ1v) is 9.93. The van der Waals surface area contributed by atoms with E-state index in [1.807, 2.05) is 24.5 Å². The number of carbonyl (C=O) groups excluding carboxylic acids is 1. The van der Waals surface area contributed by atoms with Gasteiger partial charge in [-0.1, -0.05) is 39.5 Å². The molecule has 0 saturated heterocycles. The largest absolute Gasteiger partial charge is 0.461 e. The molecule has 27 heavy (non-hydrogen) atoms. The van der Waals surface area contributed by atoms with Crippen LogP contribution in [0.2, 0.25) is 0 Å². The van der Waals surface area contributed by atoms with Gasteiger partial charge in [-0.3, -0.25) is 9.36 Å². The van der Waals surface area contributed by atoms with Crippen LogP contribution in [0.3, 0.4) is 0 Å². The highest BCUT2D eigenvalue weighted by Crippen LogP contribution is 2.28. The molecule has 2 atom stereocenters. The molecule has 1 amide bonds. The predicted octanol–water partition coefficient (Wildman–Crippen LogP) is 3.73. The minimum Gasteiger partial charge on any atom is -0.461 e. The van der Waals surface area contributed by atoms with E-state index in [2.05, 4.69) is 35.4 Å². The molecule has 0 bridgehead atoms. The van der Waals surface area contributed by atoms with Crippen LogP contribution in [-0.2, 0) is 11.3 Å². The molecule has 1 N–H and O–H groups in total. The lowest BCUT2D eigenvalue weighted by atomic mass is 9.90. The maximum absolute atomic E-state index is 12.6. The van der Waals surface area contributed by atoms with E-state index in [1.54, 1.807) is 26.2 Å². The van der Waals surface area contributed by atoms with Crippen LogP contribution in [0.15, 0.2) is 28.0 Å². The molecule has 2 aromatic heterocycles. The van der Waals surface area contributed by atoms with Gasteiger partial charge in [-0.25, -0.2) is 0 Å². The van der Waals surface area contributed by atoms with Gasteiger partial charge in [0.15, 0.2) is 16.7 Å². The van der Waals surface area contributed by atoms with E-state index >= 15 is 0 Å². The fourth-order valence-electron chi connectivity index (χ4n) is 2.36. The Morgan fingerprint density at radius 2 is 2.07 bits per heavy atom. The molecule has 0 saturated carbocycles. The van der Waals surface area contributed by atoms with Gasteiger partial charge in [-0.2, -0.15) is 5.26 Å². The van der Waals surface area contributed by atoms with Crippen molar-refractivity contribution in [1.29, 1.82) is 5.26 Å². The van der Waals surface area contributed by atoms with Crippen LogP contribution < -0.4 is 5.32 Å². The topological polar surface area (TPSA) is 96.7 Å². The van der Waals surface area contributed by atoms with E-state index in [4.69, 9.17) is 4.42 Å². The SMILES string of the molecule is CC(C)Cn1c(SC(C)C(=O)NC(C)(C#N)C(C)C)nnc1-c1ccco1. The molecule has 2 heterocycles. The molecule has 0 fully saturated rings. The highest BCUT2D eigenvalue weighted by molar-refractivity contribution is 8.00. The minimum absolute atomic E-state index is 0.00111. The van der Waals surface area contributed by atoms with Crippen molar-refractivity contribution in [1.82, 2.24) is 20.1 Å². The number of furan rings is 1. The number of hydrogen-bond acceptors (Lipinski definition) is 6. The average molecular weight is 390 g/mol. The number of carbonyl (C=O) groups is 1. The first-order chi connectivity index (χ1) is 12.7. The van der Waals surface area contributed by atoms with Gasteiger partial charge in [0.1, 0.15) is 5.54 Å². The molecule has 0 radical (unpaired) electrons. The number of thioether (sulfide) groups is 1. The molecule has 0 aromatic carbocycles. The monoisotopic (exact) mass is 389 g/mol. The summed E-state index contributed by atoms with van der Waals surface area (Å²) in [6.07, 6.45) is 1.60. The number of hydrogen-bond donors (Lipinski definition) is 1. The first-order valence-electron chi connectivity index (χ1n) is 9.05. The van der Waals surface area contributed by atoms with E-state index < -0.39 is 10.8 Å². The van der Waals surface area contributed by atoms with Crippen molar-refractivity contribution in [2.24, 2.45) is 11.8 Å². The number of nitrogens with one attached hydrogen (secondary N) is 1. The normalized spacial score (nSPS) is 14.8. The molecular weight excluding hydrogens is 362 g/mol. The highest BCUT2D eigenvalue weighted by atomic mass is 32.2. The van der Waals surface area contributed by atoms with Gasteiger partial charge in [-0.05, 0) is 37.8 Å². The van der Waals surface area contributed by atoms with Crippen LogP contribution in [0.5, 0.6) is 0 Å². The fraction of sp³-hybridized carbons (Fsp3) is 0.579. The van der Waals surface area contributed by atoms with Gasteiger partial charge < -0.3 is 9.73 Å². The molecule has 0 spiro atoms. The Morgan fingerprint density at radius 1 is 1.37 bits per heavy atom. The van der Waals surface area contributed by atoms with Crippen LogP contribution >= 0.6 is 11.8 Å². The summed E-state index contributed by atoms with van der Waals surface area (Å²) in [7, 11) is 0. The number of rotatable bonds is 8. The van der Waals surface area contributed by atoms with Crippen molar-refractivity contribution in [2.75, 3.05) is 0 Å². The summed E-state index contributed by atoms with van der Waals surface area (Å²) in [6, 6.07) is 5.85. The van der Waals surface area contributed by atoms with Crippen molar-refractivity contribution >= 4 is 17.7 Å². The van der Waals surface area contributed by atoms with Crippen LogP contribution in [0.25, 0.3) is 11.6 Å². The number of nitrogens with zero attached hydrogens (tertiary/aromatic N) is 4. The Kier molecular flexibility index (Phi) is 6.71. The molecule has 8 heteroatoms. The third-order valence-corrected chi connectivity index (χ3v) is 5.51. The van der Waals surface area contributed by atoms with Crippen LogP contribution in [0.1, 0.15) is 41.5 Å². The second-order valence-corrected chi connectivity index (χ2v) is 8.81. The van der Waals surface area contributed by atoms with Gasteiger partial charge >= 0.3 is 0 Å². The third-order valence-electron chi connectivity index (χ3n) is 4.43. The van der Waals surface area contributed by atoms with Gasteiger partial charge in [0.05, 0.1) is 17.6 Å². The third kappa shape index (κ3) is 4.92. The fourth-order valence-corrected chi connectivity index (χ4v) is 3.22. The van der Waals surface area contributed by atoms with Crippen molar-refractivity contribution < 1.29 is 9.21 Å². The summed E-state index contributed by atoms with van der Waals surface area (Å²) in [5, 5.41) is 21.0. The van der Waals surface area contributed by atoms with Gasteiger partial charge in [0, 0.05) is 6.54 Å². The molecule has 2 aromatic rings. The Hall–Kier alpha value is -2.27. The van der Waals surface area contributed by atoms with E-state index in [1.165, 1.54) is 11.8 Å². The maximum Gasteiger partial charge on any atom is 0.234 e. The van der Waals surface area contributed by atoms with E-state index in [9.17, 15) is 10.1 Å². The van der Waals surface area contributed by atoms with Crippen LogP contribution in [-0.4, -0.2) is 31.5 Å². The zero-order valence-electron chi connectivity index (χ0n) is 16.7. The molecule has 2 rings (SSSR count). The maximum atomic E-state index is 12.6. The highest BCUT2D eigenvalue weighted by Gasteiger charge is 2.32. The molecule has 0 aliphatic carbocycles. The lowest BCUT2D eigenvalue weighted by Gasteiger charge is -2.28. The smallest absolute Gasteiger partial charge is 0.234 e. The van der Waals surface area contributed by atoms with Crippen LogP contribution in [0.4, 0.5) is 0 Å². The van der Waals surface area contributed by atoms with Gasteiger partial charge in [0.25, 0.3) is 0 Å². The Bertz CT molecular complexity index is 807. The molecule has 2 unspecified atom stereocenters. The van der Waals surface area contributed by atoms with Crippen molar-refractivity contribution in [2.45, 2.75) is 64.0 Å². The summed E-state index contributed by atoms with van der Waals surface area (Å²) in [6.45, 7) is 12.3. The Balaban J connectivity index is 2.21. The molecule has 0 aliphatic rings. The Labute approximate surface area is 164 Å². The van der Waals surface area contributed by atoms with E-state index in [-0.39, 0.29) is 11.8 Å². The van der Waals surface area contributed by atoms with Crippen LogP contribution in [0, 0.1) is 23.2 Å². The summed E-state index contributed by atoms with van der Waals surface area (Å²) in [5.41, 5.74) is -0.906. The van der Waals surface area contributed by atoms with Crippen molar-refractivity contribution in [3.8, 4) is 17.7 Å². The first kappa shape index (κ1) is 21.0. The summed E-state index contributed by atoms with van der Waals surface area (Å²) < 4.78 is 7.44. The molecule has 0 aliphatic heterocycles. The van der Waals surface area contributed by atoms with Gasteiger partial charge in [-0.15, -0.1) is 10.2 Å². The Morgan fingerprint density at radius 3 is 2.59 bits per heavy atom. The zero-order chi connectivity index (χ0) is 20.2. The number of aromatic nitrogens is 3. The molecular formula is C19H27N5O2S. The zero-order valence-corrected chi connectivity index (χ0v) is 17.5.